The van der Waals surface area contributed by atoms with Gasteiger partial charge in [0.05, 0.1) is 22.6 Å². The van der Waals surface area contributed by atoms with Crippen LogP contribution in [0.15, 0.2) is 71.3 Å². The Morgan fingerprint density at radius 2 is 1.57 bits per heavy atom. The van der Waals surface area contributed by atoms with Gasteiger partial charge in [0.15, 0.2) is 11.6 Å². The zero-order valence-corrected chi connectivity index (χ0v) is 27.8. The fraction of sp³-hybridized carbons (Fsp3) is 0.294. The average Bonchev–Trinajstić information content (AvgIpc) is 3.55. The fourth-order valence-corrected chi connectivity index (χ4v) is 5.12. The lowest BCUT2D eigenvalue weighted by atomic mass is 10.1. The van der Waals surface area contributed by atoms with Crippen LogP contribution in [0, 0.1) is 17.5 Å². The van der Waals surface area contributed by atoms with E-state index in [1.54, 1.807) is 6.07 Å². The van der Waals surface area contributed by atoms with Gasteiger partial charge in [-0.15, -0.1) is 0 Å². The minimum atomic E-state index is -3.00. The standard InChI is InChI=1S/C33H30Cl2F5N5O5.CH4/c1-44(29(46)12-11-19-5-3-9-24(37)30(19)34)23(16-45(17-27(39)40)32(47)41-15-21-7-4-10-25(38)31(21)35)18-49-33(48)42-28-14-26(50-43-28)20-6-2-8-22(36)13-20;/h2-10,13-14,23,27H,11-12,15-18H2,1H3,(H,41,47)(H,42,43,48);1H4/t23-;/m0./s1. The second-order valence-electron chi connectivity index (χ2n) is 10.8. The number of urea groups is 1. The summed E-state index contributed by atoms with van der Waals surface area (Å²) < 4.78 is 79.2. The van der Waals surface area contributed by atoms with Gasteiger partial charge in [-0.25, -0.2) is 31.5 Å². The molecule has 17 heteroatoms. The van der Waals surface area contributed by atoms with Crippen LogP contribution in [0.1, 0.15) is 25.0 Å². The summed E-state index contributed by atoms with van der Waals surface area (Å²) >= 11 is 12.0. The Morgan fingerprint density at radius 3 is 2.24 bits per heavy atom. The van der Waals surface area contributed by atoms with Gasteiger partial charge >= 0.3 is 12.1 Å². The smallest absolute Gasteiger partial charge is 0.412 e. The Bertz CT molecular complexity index is 1810. The summed E-state index contributed by atoms with van der Waals surface area (Å²) in [7, 11) is 1.31. The number of likely N-dealkylation sites (N-methyl/N-ethyl adjacent to an activating group) is 1. The number of nitrogens with one attached hydrogen (secondary N) is 2. The van der Waals surface area contributed by atoms with Crippen molar-refractivity contribution in [2.24, 2.45) is 0 Å². The van der Waals surface area contributed by atoms with E-state index in [0.717, 1.165) is 17.0 Å². The van der Waals surface area contributed by atoms with Crippen LogP contribution >= 0.6 is 23.2 Å². The van der Waals surface area contributed by atoms with E-state index in [1.807, 2.05) is 0 Å². The first-order valence-corrected chi connectivity index (χ1v) is 15.7. The molecule has 0 saturated carbocycles. The molecular weight excluding hydrogens is 724 g/mol. The number of carbonyl (C=O) groups excluding carboxylic acids is 3. The number of alkyl halides is 2. The van der Waals surface area contributed by atoms with Crippen LogP contribution in [-0.4, -0.2) is 72.2 Å². The highest BCUT2D eigenvalue weighted by Crippen LogP contribution is 2.24. The molecule has 0 bridgehead atoms. The van der Waals surface area contributed by atoms with Gasteiger partial charge in [-0.3, -0.25) is 10.1 Å². The first-order chi connectivity index (χ1) is 23.8. The quantitative estimate of drug-likeness (QED) is 0.125. The van der Waals surface area contributed by atoms with Gasteiger partial charge in [-0.05, 0) is 41.8 Å². The molecule has 274 valence electrons. The van der Waals surface area contributed by atoms with Crippen LogP contribution in [0.3, 0.4) is 0 Å². The maximum Gasteiger partial charge on any atom is 0.412 e. The largest absolute Gasteiger partial charge is 0.447 e. The second-order valence-corrected chi connectivity index (χ2v) is 11.6. The minimum Gasteiger partial charge on any atom is -0.447 e. The van der Waals surface area contributed by atoms with E-state index in [9.17, 15) is 36.3 Å². The number of halogens is 7. The summed E-state index contributed by atoms with van der Waals surface area (Å²) in [6.07, 6.45) is -4.27. The third-order valence-electron chi connectivity index (χ3n) is 7.38. The maximum atomic E-state index is 13.9. The molecule has 1 atom stereocenters. The third kappa shape index (κ3) is 11.6. The number of aryl methyl sites for hydroxylation is 1. The number of aromatic nitrogens is 1. The molecule has 0 fully saturated rings. The summed E-state index contributed by atoms with van der Waals surface area (Å²) in [5.74, 6) is -2.48. The molecule has 0 aliphatic carbocycles. The Hall–Kier alpha value is -4.89. The highest BCUT2D eigenvalue weighted by Gasteiger charge is 2.29. The van der Waals surface area contributed by atoms with Crippen LogP contribution in [0.5, 0.6) is 0 Å². The Kier molecular flexibility index (Phi) is 15.0. The van der Waals surface area contributed by atoms with Crippen LogP contribution in [0.4, 0.5) is 37.4 Å². The van der Waals surface area contributed by atoms with E-state index in [1.165, 1.54) is 55.6 Å². The normalized spacial score (nSPS) is 11.4. The number of anilines is 1. The van der Waals surface area contributed by atoms with Crippen LogP contribution in [0.2, 0.25) is 10.0 Å². The van der Waals surface area contributed by atoms with E-state index < -0.39 is 67.6 Å². The van der Waals surface area contributed by atoms with E-state index in [0.29, 0.717) is 16.0 Å². The van der Waals surface area contributed by atoms with Crippen molar-refractivity contribution in [3.63, 3.8) is 0 Å². The number of nitrogens with zero attached hydrogens (tertiary/aromatic N) is 3. The van der Waals surface area contributed by atoms with Crippen molar-refractivity contribution in [1.29, 1.82) is 0 Å². The molecule has 0 spiro atoms. The first kappa shape index (κ1) is 40.5. The third-order valence-corrected chi connectivity index (χ3v) is 8.22. The summed E-state index contributed by atoms with van der Waals surface area (Å²) in [6.45, 7) is -2.52. The minimum absolute atomic E-state index is 0. The summed E-state index contributed by atoms with van der Waals surface area (Å²) in [5.41, 5.74) is 0.876. The zero-order chi connectivity index (χ0) is 36.4. The lowest BCUT2D eigenvalue weighted by molar-refractivity contribution is -0.133. The summed E-state index contributed by atoms with van der Waals surface area (Å²) in [4.78, 5) is 40.9. The molecule has 0 aliphatic heterocycles. The van der Waals surface area contributed by atoms with Gasteiger partial charge in [0.1, 0.15) is 24.1 Å². The highest BCUT2D eigenvalue weighted by molar-refractivity contribution is 6.31. The van der Waals surface area contributed by atoms with Crippen molar-refractivity contribution in [2.75, 3.05) is 32.1 Å². The van der Waals surface area contributed by atoms with Crippen molar-refractivity contribution in [3.05, 3.63) is 105 Å². The number of benzene rings is 3. The van der Waals surface area contributed by atoms with Gasteiger partial charge in [0.2, 0.25) is 5.91 Å². The van der Waals surface area contributed by atoms with Crippen molar-refractivity contribution in [2.45, 2.75) is 39.3 Å². The van der Waals surface area contributed by atoms with Crippen molar-refractivity contribution < 1.29 is 45.6 Å². The molecule has 0 radical (unpaired) electrons. The summed E-state index contributed by atoms with van der Waals surface area (Å²) in [5, 5.41) is 7.99. The molecule has 4 rings (SSSR count). The topological polar surface area (TPSA) is 117 Å². The SMILES string of the molecule is C.CN(C(=O)CCc1cccc(F)c1Cl)[C@H](COC(=O)Nc1cc(-c2cccc(F)c2)on1)CN(CC(F)F)C(=O)NCc1cccc(F)c1Cl. The van der Waals surface area contributed by atoms with Crippen molar-refractivity contribution >= 4 is 47.1 Å². The van der Waals surface area contributed by atoms with E-state index in [-0.39, 0.29) is 54.0 Å². The molecule has 3 aromatic carbocycles. The van der Waals surface area contributed by atoms with Gasteiger partial charge in [0.25, 0.3) is 6.43 Å². The van der Waals surface area contributed by atoms with Gasteiger partial charge in [0, 0.05) is 38.2 Å². The molecule has 4 amide bonds. The molecule has 0 saturated heterocycles. The molecule has 2 N–H and O–H groups in total. The monoisotopic (exact) mass is 757 g/mol. The number of amides is 4. The number of hydrogen-bond acceptors (Lipinski definition) is 6. The molecule has 1 aromatic heterocycles. The molecule has 10 nitrogen and oxygen atoms in total. The lowest BCUT2D eigenvalue weighted by Crippen LogP contribution is -2.52. The van der Waals surface area contributed by atoms with E-state index in [4.69, 9.17) is 32.5 Å². The maximum absolute atomic E-state index is 13.9. The molecule has 1 heterocycles. The van der Waals surface area contributed by atoms with E-state index >= 15 is 0 Å². The van der Waals surface area contributed by atoms with Gasteiger partial charge in [-0.2, -0.15) is 0 Å². The summed E-state index contributed by atoms with van der Waals surface area (Å²) in [6, 6.07) is 12.6. The predicted molar refractivity (Wildman–Crippen MR) is 181 cm³/mol. The number of carbonyl (C=O) groups is 3. The van der Waals surface area contributed by atoms with Gasteiger partial charge in [-0.1, -0.05) is 72.2 Å². The lowest BCUT2D eigenvalue weighted by Gasteiger charge is -2.33. The number of ether oxygens (including phenoxy) is 1. The second kappa shape index (κ2) is 18.9. The Balaban J connectivity index is 0.00000702. The molecule has 51 heavy (non-hydrogen) atoms. The molecule has 4 aromatic rings. The van der Waals surface area contributed by atoms with E-state index in [2.05, 4.69) is 15.8 Å². The molecule has 0 unspecified atom stereocenters. The van der Waals surface area contributed by atoms with Crippen molar-refractivity contribution in [1.82, 2.24) is 20.3 Å². The Morgan fingerprint density at radius 1 is 0.922 bits per heavy atom. The zero-order valence-electron chi connectivity index (χ0n) is 26.3. The highest BCUT2D eigenvalue weighted by atomic mass is 35.5. The molecular formula is C34H34Cl2F5N5O5. The number of rotatable bonds is 14. The molecule has 0 aliphatic rings. The average molecular weight is 759 g/mol. The number of hydrogen-bond donors (Lipinski definition) is 2. The fourth-order valence-electron chi connectivity index (χ4n) is 4.70. The van der Waals surface area contributed by atoms with Crippen molar-refractivity contribution in [3.8, 4) is 11.3 Å². The first-order valence-electron chi connectivity index (χ1n) is 14.9. The van der Waals surface area contributed by atoms with Crippen LogP contribution in [0.25, 0.3) is 11.3 Å². The predicted octanol–water partition coefficient (Wildman–Crippen LogP) is 8.19. The Labute approximate surface area is 300 Å². The van der Waals surface area contributed by atoms with Crippen LogP contribution in [-0.2, 0) is 22.5 Å². The van der Waals surface area contributed by atoms with Gasteiger partial charge < -0.3 is 24.4 Å². The van der Waals surface area contributed by atoms with Crippen LogP contribution < -0.4 is 10.6 Å².